The molecule has 1 aliphatic rings. The molecule has 1 saturated heterocycles. The lowest BCUT2D eigenvalue weighted by molar-refractivity contribution is -0.123. The van der Waals surface area contributed by atoms with Gasteiger partial charge in [-0.25, -0.2) is 0 Å². The number of hydrogen-bond acceptors (Lipinski definition) is 3. The number of nitrogens with zero attached hydrogens (tertiary/aromatic N) is 1. The summed E-state index contributed by atoms with van der Waals surface area (Å²) in [6.45, 7) is 7.65. The first-order valence-electron chi connectivity index (χ1n) is 7.79. The SMILES string of the molecule is CC(C)C(=O)Cc1cccc(N2C(=O)CC(C(C)C)C2=O)c1. The molecule has 1 aliphatic heterocycles. The molecule has 2 rings (SSSR count). The van der Waals surface area contributed by atoms with Gasteiger partial charge in [0.2, 0.25) is 11.8 Å². The number of benzene rings is 1. The van der Waals surface area contributed by atoms with Crippen LogP contribution in [0.25, 0.3) is 0 Å². The molecule has 1 fully saturated rings. The van der Waals surface area contributed by atoms with Crippen LogP contribution in [-0.4, -0.2) is 17.6 Å². The maximum Gasteiger partial charge on any atom is 0.237 e. The standard InChI is InChI=1S/C18H23NO3/c1-11(2)15-10-17(21)19(18(15)22)14-7-5-6-13(8-14)9-16(20)12(3)4/h5-8,11-12,15H,9-10H2,1-4H3. The number of Topliss-reactive ketones (excluding diaryl/α,β-unsaturated/α-hetero) is 1. The summed E-state index contributed by atoms with van der Waals surface area (Å²) in [4.78, 5) is 37.8. The molecule has 0 radical (unpaired) electrons. The second-order valence-corrected chi connectivity index (χ2v) is 6.59. The zero-order valence-electron chi connectivity index (χ0n) is 13.6. The highest BCUT2D eigenvalue weighted by Crippen LogP contribution is 2.31. The van der Waals surface area contributed by atoms with Crippen LogP contribution in [0, 0.1) is 17.8 Å². The van der Waals surface area contributed by atoms with Crippen molar-refractivity contribution in [3.05, 3.63) is 29.8 Å². The average molecular weight is 301 g/mol. The third-order valence-electron chi connectivity index (χ3n) is 4.18. The van der Waals surface area contributed by atoms with Gasteiger partial charge >= 0.3 is 0 Å². The third-order valence-corrected chi connectivity index (χ3v) is 4.18. The van der Waals surface area contributed by atoms with E-state index in [9.17, 15) is 14.4 Å². The van der Waals surface area contributed by atoms with E-state index in [1.807, 2.05) is 33.8 Å². The predicted octanol–water partition coefficient (Wildman–Crippen LogP) is 2.99. The zero-order valence-corrected chi connectivity index (χ0v) is 13.6. The van der Waals surface area contributed by atoms with Gasteiger partial charge in [-0.05, 0) is 23.6 Å². The van der Waals surface area contributed by atoms with Gasteiger partial charge in [-0.2, -0.15) is 0 Å². The van der Waals surface area contributed by atoms with Crippen LogP contribution in [-0.2, 0) is 20.8 Å². The summed E-state index contributed by atoms with van der Waals surface area (Å²) in [5.41, 5.74) is 1.41. The van der Waals surface area contributed by atoms with E-state index in [1.165, 1.54) is 4.90 Å². The Balaban J connectivity index is 2.24. The van der Waals surface area contributed by atoms with Crippen molar-refractivity contribution in [3.8, 4) is 0 Å². The summed E-state index contributed by atoms with van der Waals surface area (Å²) in [6.07, 6.45) is 0.598. The van der Waals surface area contributed by atoms with Gasteiger partial charge in [0.15, 0.2) is 0 Å². The van der Waals surface area contributed by atoms with E-state index < -0.39 is 0 Å². The topological polar surface area (TPSA) is 54.5 Å². The molecule has 1 aromatic carbocycles. The Bertz CT molecular complexity index is 604. The summed E-state index contributed by atoms with van der Waals surface area (Å²) in [5.74, 6) is -0.260. The van der Waals surface area contributed by atoms with Crippen LogP contribution >= 0.6 is 0 Å². The fourth-order valence-electron chi connectivity index (χ4n) is 2.66. The van der Waals surface area contributed by atoms with Gasteiger partial charge < -0.3 is 0 Å². The summed E-state index contributed by atoms with van der Waals surface area (Å²) in [6, 6.07) is 7.18. The van der Waals surface area contributed by atoms with Crippen molar-refractivity contribution in [1.29, 1.82) is 0 Å². The molecule has 0 aromatic heterocycles. The molecule has 118 valence electrons. The van der Waals surface area contributed by atoms with E-state index in [0.29, 0.717) is 12.1 Å². The quantitative estimate of drug-likeness (QED) is 0.786. The van der Waals surface area contributed by atoms with Gasteiger partial charge in [0.25, 0.3) is 0 Å². The van der Waals surface area contributed by atoms with Crippen molar-refractivity contribution in [2.75, 3.05) is 4.90 Å². The number of carbonyl (C=O) groups is 3. The number of imide groups is 1. The summed E-state index contributed by atoms with van der Waals surface area (Å²) in [5, 5.41) is 0. The lowest BCUT2D eigenvalue weighted by Gasteiger charge is -2.17. The number of ketones is 1. The van der Waals surface area contributed by atoms with Crippen LogP contribution < -0.4 is 4.90 Å². The Morgan fingerprint density at radius 3 is 2.45 bits per heavy atom. The molecule has 1 atom stereocenters. The maximum absolute atomic E-state index is 12.4. The molecule has 0 spiro atoms. The Kier molecular flexibility index (Phi) is 4.79. The number of rotatable bonds is 5. The van der Waals surface area contributed by atoms with Crippen molar-refractivity contribution >= 4 is 23.3 Å². The monoisotopic (exact) mass is 301 g/mol. The van der Waals surface area contributed by atoms with Gasteiger partial charge in [-0.1, -0.05) is 39.8 Å². The van der Waals surface area contributed by atoms with Gasteiger partial charge in [-0.3, -0.25) is 19.3 Å². The molecule has 0 saturated carbocycles. The van der Waals surface area contributed by atoms with E-state index in [1.54, 1.807) is 18.2 Å². The highest BCUT2D eigenvalue weighted by molar-refractivity contribution is 6.21. The summed E-state index contributed by atoms with van der Waals surface area (Å²) >= 11 is 0. The first kappa shape index (κ1) is 16.4. The second kappa shape index (κ2) is 6.42. The van der Waals surface area contributed by atoms with Gasteiger partial charge in [0.05, 0.1) is 11.6 Å². The molecular formula is C18H23NO3. The highest BCUT2D eigenvalue weighted by Gasteiger charge is 2.40. The van der Waals surface area contributed by atoms with Crippen molar-refractivity contribution < 1.29 is 14.4 Å². The molecule has 1 heterocycles. The number of hydrogen-bond donors (Lipinski definition) is 0. The molecule has 1 aromatic rings. The minimum Gasteiger partial charge on any atom is -0.299 e. The van der Waals surface area contributed by atoms with Crippen molar-refractivity contribution in [1.82, 2.24) is 0 Å². The zero-order chi connectivity index (χ0) is 16.4. The maximum atomic E-state index is 12.4. The van der Waals surface area contributed by atoms with E-state index in [0.717, 1.165) is 5.56 Å². The molecule has 0 N–H and O–H groups in total. The van der Waals surface area contributed by atoms with Crippen LogP contribution in [0.4, 0.5) is 5.69 Å². The Morgan fingerprint density at radius 2 is 1.91 bits per heavy atom. The molecular weight excluding hydrogens is 278 g/mol. The Labute approximate surface area is 131 Å². The van der Waals surface area contributed by atoms with Crippen LogP contribution in [0.3, 0.4) is 0 Å². The minimum atomic E-state index is -0.242. The Hall–Kier alpha value is -1.97. The van der Waals surface area contributed by atoms with Gasteiger partial charge in [-0.15, -0.1) is 0 Å². The van der Waals surface area contributed by atoms with E-state index in [2.05, 4.69) is 0 Å². The van der Waals surface area contributed by atoms with Crippen LogP contribution in [0.5, 0.6) is 0 Å². The molecule has 2 amide bonds. The smallest absolute Gasteiger partial charge is 0.237 e. The lowest BCUT2D eigenvalue weighted by atomic mass is 9.94. The van der Waals surface area contributed by atoms with E-state index >= 15 is 0 Å². The summed E-state index contributed by atoms with van der Waals surface area (Å²) in [7, 11) is 0. The Morgan fingerprint density at radius 1 is 1.23 bits per heavy atom. The second-order valence-electron chi connectivity index (χ2n) is 6.59. The fourth-order valence-corrected chi connectivity index (χ4v) is 2.66. The number of carbonyl (C=O) groups excluding carboxylic acids is 3. The molecule has 0 bridgehead atoms. The van der Waals surface area contributed by atoms with Gasteiger partial charge in [0, 0.05) is 18.8 Å². The first-order chi connectivity index (χ1) is 10.3. The third kappa shape index (κ3) is 3.26. The molecule has 22 heavy (non-hydrogen) atoms. The van der Waals surface area contributed by atoms with E-state index in [-0.39, 0.29) is 41.8 Å². The number of amides is 2. The minimum absolute atomic E-state index is 0.0240. The largest absolute Gasteiger partial charge is 0.299 e. The van der Waals surface area contributed by atoms with E-state index in [4.69, 9.17) is 0 Å². The average Bonchev–Trinajstić information content (AvgIpc) is 2.74. The number of anilines is 1. The van der Waals surface area contributed by atoms with Crippen LogP contribution in [0.2, 0.25) is 0 Å². The van der Waals surface area contributed by atoms with Crippen LogP contribution in [0.15, 0.2) is 24.3 Å². The molecule has 4 nitrogen and oxygen atoms in total. The van der Waals surface area contributed by atoms with Gasteiger partial charge in [0.1, 0.15) is 5.78 Å². The van der Waals surface area contributed by atoms with Crippen LogP contribution in [0.1, 0.15) is 39.7 Å². The fraction of sp³-hybridized carbons (Fsp3) is 0.500. The normalized spacial score (nSPS) is 18.6. The van der Waals surface area contributed by atoms with Crippen molar-refractivity contribution in [3.63, 3.8) is 0 Å². The van der Waals surface area contributed by atoms with Crippen molar-refractivity contribution in [2.45, 2.75) is 40.5 Å². The lowest BCUT2D eigenvalue weighted by Crippen LogP contribution is -2.31. The predicted molar refractivity (Wildman–Crippen MR) is 85.4 cm³/mol. The highest BCUT2D eigenvalue weighted by atomic mass is 16.2. The van der Waals surface area contributed by atoms with Crippen molar-refractivity contribution in [2.24, 2.45) is 17.8 Å². The first-order valence-corrected chi connectivity index (χ1v) is 7.79. The molecule has 0 aliphatic carbocycles. The molecule has 1 unspecified atom stereocenters. The molecule has 4 heteroatoms. The summed E-state index contributed by atoms with van der Waals surface area (Å²) < 4.78 is 0.